The molecule has 0 saturated carbocycles. The summed E-state index contributed by atoms with van der Waals surface area (Å²) >= 11 is 1.59. The van der Waals surface area contributed by atoms with Crippen LogP contribution in [-0.4, -0.2) is 47.1 Å². The molecule has 3 heterocycles. The molecule has 1 amide bonds. The van der Waals surface area contributed by atoms with E-state index >= 15 is 0 Å². The van der Waals surface area contributed by atoms with E-state index in [4.69, 9.17) is 9.26 Å². The molecule has 29 heavy (non-hydrogen) atoms. The molecule has 1 aliphatic rings. The summed E-state index contributed by atoms with van der Waals surface area (Å²) in [6.07, 6.45) is 2.50. The minimum Gasteiger partial charge on any atom is -0.465 e. The van der Waals surface area contributed by atoms with Crippen molar-refractivity contribution in [2.45, 2.75) is 19.3 Å². The molecule has 1 aliphatic heterocycles. The van der Waals surface area contributed by atoms with E-state index in [1.165, 1.54) is 7.11 Å². The summed E-state index contributed by atoms with van der Waals surface area (Å²) in [5, 5.41) is 8.01. The van der Waals surface area contributed by atoms with Crippen LogP contribution in [0.15, 0.2) is 45.6 Å². The fourth-order valence-electron chi connectivity index (χ4n) is 3.64. The molecule has 0 aliphatic carbocycles. The molecule has 0 N–H and O–H groups in total. The number of esters is 1. The summed E-state index contributed by atoms with van der Waals surface area (Å²) in [5.41, 5.74) is 1.61. The number of hydrogen-bond acceptors (Lipinski definition) is 7. The molecule has 1 unspecified atom stereocenters. The normalized spacial score (nSPS) is 16.6. The Hall–Kier alpha value is -3.00. The zero-order valence-corrected chi connectivity index (χ0v) is 16.9. The number of aromatic nitrogens is 2. The highest BCUT2D eigenvalue weighted by molar-refractivity contribution is 7.08. The molecule has 1 aromatic carbocycles. The standard InChI is InChI=1S/C21H21N3O4S/c1-27-21(26)17-7-3-2-6-16(17)20(25)24-9-4-5-14(12-24)11-18-22-19(23-28-18)15-8-10-29-13-15/h2-3,6-8,10,13-14H,4-5,9,11-12H2,1H3. The molecule has 1 atom stereocenters. The second kappa shape index (κ2) is 8.57. The zero-order chi connectivity index (χ0) is 20.2. The first-order valence-electron chi connectivity index (χ1n) is 9.47. The van der Waals surface area contributed by atoms with Crippen molar-refractivity contribution in [2.75, 3.05) is 20.2 Å². The molecule has 4 rings (SSSR count). The van der Waals surface area contributed by atoms with E-state index < -0.39 is 5.97 Å². The van der Waals surface area contributed by atoms with Crippen LogP contribution in [0.25, 0.3) is 11.4 Å². The molecule has 0 radical (unpaired) electrons. The van der Waals surface area contributed by atoms with Gasteiger partial charge in [-0.1, -0.05) is 17.3 Å². The number of rotatable bonds is 5. The average Bonchev–Trinajstić information content (AvgIpc) is 3.45. The first kappa shape index (κ1) is 19.3. The molecule has 1 fully saturated rings. The van der Waals surface area contributed by atoms with Gasteiger partial charge in [-0.2, -0.15) is 16.3 Å². The number of ether oxygens (including phenoxy) is 1. The van der Waals surface area contributed by atoms with E-state index in [0.717, 1.165) is 18.4 Å². The number of methoxy groups -OCH3 is 1. The lowest BCUT2D eigenvalue weighted by Gasteiger charge is -2.32. The molecule has 0 bridgehead atoms. The highest BCUT2D eigenvalue weighted by Gasteiger charge is 2.28. The number of carbonyl (C=O) groups excluding carboxylic acids is 2. The second-order valence-corrected chi connectivity index (χ2v) is 7.80. The van der Waals surface area contributed by atoms with Crippen LogP contribution in [-0.2, 0) is 11.2 Å². The first-order valence-corrected chi connectivity index (χ1v) is 10.4. The van der Waals surface area contributed by atoms with Crippen molar-refractivity contribution in [1.29, 1.82) is 0 Å². The highest BCUT2D eigenvalue weighted by Crippen LogP contribution is 2.25. The topological polar surface area (TPSA) is 85.5 Å². The number of thiophene rings is 1. The summed E-state index contributed by atoms with van der Waals surface area (Å²) in [7, 11) is 1.31. The number of nitrogens with zero attached hydrogens (tertiary/aromatic N) is 3. The summed E-state index contributed by atoms with van der Waals surface area (Å²) in [6.45, 7) is 1.25. The van der Waals surface area contributed by atoms with Gasteiger partial charge < -0.3 is 14.2 Å². The van der Waals surface area contributed by atoms with Gasteiger partial charge in [0.1, 0.15) is 0 Å². The van der Waals surface area contributed by atoms with Crippen molar-refractivity contribution >= 4 is 23.2 Å². The zero-order valence-electron chi connectivity index (χ0n) is 16.0. The molecule has 2 aromatic heterocycles. The quantitative estimate of drug-likeness (QED) is 0.596. The monoisotopic (exact) mass is 411 g/mol. The minimum atomic E-state index is -0.505. The Morgan fingerprint density at radius 3 is 2.86 bits per heavy atom. The number of carbonyl (C=O) groups is 2. The Bertz CT molecular complexity index is 999. The van der Waals surface area contributed by atoms with Crippen molar-refractivity contribution in [3.63, 3.8) is 0 Å². The van der Waals surface area contributed by atoms with Gasteiger partial charge in [0.05, 0.1) is 18.2 Å². The third kappa shape index (κ3) is 4.22. The summed E-state index contributed by atoms with van der Waals surface area (Å²) in [6, 6.07) is 8.72. The van der Waals surface area contributed by atoms with Crippen LogP contribution >= 0.6 is 11.3 Å². The smallest absolute Gasteiger partial charge is 0.338 e. The van der Waals surface area contributed by atoms with E-state index in [1.54, 1.807) is 40.5 Å². The maximum Gasteiger partial charge on any atom is 0.338 e. The summed E-state index contributed by atoms with van der Waals surface area (Å²) < 4.78 is 10.2. The molecule has 8 heteroatoms. The molecule has 1 saturated heterocycles. The van der Waals surface area contributed by atoms with E-state index in [9.17, 15) is 9.59 Å². The van der Waals surface area contributed by atoms with Gasteiger partial charge in [0, 0.05) is 30.5 Å². The van der Waals surface area contributed by atoms with E-state index in [0.29, 0.717) is 42.4 Å². The number of benzene rings is 1. The summed E-state index contributed by atoms with van der Waals surface area (Å²) in [4.78, 5) is 31.4. The molecule has 0 spiro atoms. The number of piperidine rings is 1. The minimum absolute atomic E-state index is 0.153. The van der Waals surface area contributed by atoms with E-state index in [2.05, 4.69) is 10.1 Å². The molecule has 7 nitrogen and oxygen atoms in total. The van der Waals surface area contributed by atoms with Crippen LogP contribution in [0, 0.1) is 5.92 Å². The fourth-order valence-corrected chi connectivity index (χ4v) is 4.27. The lowest BCUT2D eigenvalue weighted by atomic mass is 9.94. The molecular weight excluding hydrogens is 390 g/mol. The van der Waals surface area contributed by atoms with Crippen LogP contribution in [0.5, 0.6) is 0 Å². The van der Waals surface area contributed by atoms with Gasteiger partial charge in [-0.15, -0.1) is 0 Å². The maximum absolute atomic E-state index is 13.1. The lowest BCUT2D eigenvalue weighted by Crippen LogP contribution is -2.41. The predicted molar refractivity (Wildman–Crippen MR) is 108 cm³/mol. The van der Waals surface area contributed by atoms with Crippen LogP contribution in [0.1, 0.15) is 39.4 Å². The Labute approximate surface area is 172 Å². The van der Waals surface area contributed by atoms with Crippen LogP contribution < -0.4 is 0 Å². The van der Waals surface area contributed by atoms with Gasteiger partial charge >= 0.3 is 5.97 Å². The SMILES string of the molecule is COC(=O)c1ccccc1C(=O)N1CCCC(Cc2nc(-c3ccsc3)no2)C1. The summed E-state index contributed by atoms with van der Waals surface area (Å²) in [5.74, 6) is 0.751. The molecule has 3 aromatic rings. The lowest BCUT2D eigenvalue weighted by molar-refractivity contribution is 0.0581. The average molecular weight is 411 g/mol. The van der Waals surface area contributed by atoms with Gasteiger partial charge in [0.2, 0.25) is 11.7 Å². The van der Waals surface area contributed by atoms with Crippen molar-refractivity contribution in [2.24, 2.45) is 5.92 Å². The Morgan fingerprint density at radius 2 is 2.10 bits per heavy atom. The second-order valence-electron chi connectivity index (χ2n) is 7.02. The van der Waals surface area contributed by atoms with Crippen LogP contribution in [0.2, 0.25) is 0 Å². The number of amides is 1. The maximum atomic E-state index is 13.1. The van der Waals surface area contributed by atoms with Crippen molar-refractivity contribution in [3.8, 4) is 11.4 Å². The van der Waals surface area contributed by atoms with Gasteiger partial charge in [0.25, 0.3) is 5.91 Å². The van der Waals surface area contributed by atoms with E-state index in [1.807, 2.05) is 16.8 Å². The van der Waals surface area contributed by atoms with E-state index in [-0.39, 0.29) is 11.8 Å². The first-order chi connectivity index (χ1) is 14.2. The predicted octanol–water partition coefficient (Wildman–Crippen LogP) is 3.68. The van der Waals surface area contributed by atoms with Crippen LogP contribution in [0.3, 0.4) is 0 Å². The van der Waals surface area contributed by atoms with Gasteiger partial charge in [0.15, 0.2) is 0 Å². The Balaban J connectivity index is 1.45. The molecule has 150 valence electrons. The third-order valence-electron chi connectivity index (χ3n) is 5.08. The number of likely N-dealkylation sites (tertiary alicyclic amines) is 1. The Morgan fingerprint density at radius 1 is 1.28 bits per heavy atom. The van der Waals surface area contributed by atoms with Crippen molar-refractivity contribution in [1.82, 2.24) is 15.0 Å². The van der Waals surface area contributed by atoms with Crippen molar-refractivity contribution < 1.29 is 18.8 Å². The largest absolute Gasteiger partial charge is 0.465 e. The van der Waals surface area contributed by atoms with Crippen molar-refractivity contribution in [3.05, 3.63) is 58.1 Å². The van der Waals surface area contributed by atoms with Crippen LogP contribution in [0.4, 0.5) is 0 Å². The molecular formula is C21H21N3O4S. The number of hydrogen-bond donors (Lipinski definition) is 0. The van der Waals surface area contributed by atoms with Gasteiger partial charge in [-0.25, -0.2) is 4.79 Å². The third-order valence-corrected chi connectivity index (χ3v) is 5.76. The van der Waals surface area contributed by atoms with Gasteiger partial charge in [-0.3, -0.25) is 4.79 Å². The highest BCUT2D eigenvalue weighted by atomic mass is 32.1. The Kier molecular flexibility index (Phi) is 5.71. The van der Waals surface area contributed by atoms with Gasteiger partial charge in [-0.05, 0) is 42.3 Å². The fraction of sp³-hybridized carbons (Fsp3) is 0.333.